The molecule has 0 aliphatic rings. The van der Waals surface area contributed by atoms with Gasteiger partial charge in [-0.3, -0.25) is 14.8 Å². The summed E-state index contributed by atoms with van der Waals surface area (Å²) < 4.78 is 39.5. The number of rotatable bonds is 4. The van der Waals surface area contributed by atoms with E-state index < -0.39 is 23.2 Å². The van der Waals surface area contributed by atoms with E-state index >= 15 is 0 Å². The van der Waals surface area contributed by atoms with E-state index in [2.05, 4.69) is 15.3 Å². The highest BCUT2D eigenvalue weighted by atomic mass is 32.1. The molecule has 4 aromatic rings. The lowest BCUT2D eigenvalue weighted by Gasteiger charge is -2.12. The molecule has 0 spiro atoms. The quantitative estimate of drug-likeness (QED) is 0.427. The van der Waals surface area contributed by atoms with E-state index in [0.29, 0.717) is 5.69 Å². The van der Waals surface area contributed by atoms with Gasteiger partial charge in [0.1, 0.15) is 0 Å². The lowest BCUT2D eigenvalue weighted by Crippen LogP contribution is -2.18. The first-order valence-corrected chi connectivity index (χ1v) is 9.72. The van der Waals surface area contributed by atoms with Crippen molar-refractivity contribution in [3.63, 3.8) is 0 Å². The van der Waals surface area contributed by atoms with E-state index in [0.717, 1.165) is 33.7 Å². The molecule has 0 aliphatic carbocycles. The predicted octanol–water partition coefficient (Wildman–Crippen LogP) is 6.14. The molecule has 150 valence electrons. The zero-order valence-corrected chi connectivity index (χ0v) is 16.2. The molecule has 0 unspecified atom stereocenters. The summed E-state index contributed by atoms with van der Waals surface area (Å²) in [4.78, 5) is 21.6. The van der Waals surface area contributed by atoms with Crippen LogP contribution in [0.2, 0.25) is 0 Å². The van der Waals surface area contributed by atoms with Gasteiger partial charge in [0.2, 0.25) is 0 Å². The highest BCUT2D eigenvalue weighted by Crippen LogP contribution is 2.34. The van der Waals surface area contributed by atoms with Gasteiger partial charge in [0, 0.05) is 34.6 Å². The van der Waals surface area contributed by atoms with Gasteiger partial charge in [-0.25, -0.2) is 0 Å². The Kier molecular flexibility index (Phi) is 5.33. The van der Waals surface area contributed by atoms with E-state index in [-0.39, 0.29) is 0 Å². The molecule has 3 heterocycles. The van der Waals surface area contributed by atoms with Gasteiger partial charge >= 0.3 is 6.18 Å². The summed E-state index contributed by atoms with van der Waals surface area (Å²) >= 11 is 1.50. The topological polar surface area (TPSA) is 54.9 Å². The maximum Gasteiger partial charge on any atom is 0.417 e. The number of halogens is 3. The fourth-order valence-corrected chi connectivity index (χ4v) is 3.84. The second-order valence-corrected chi connectivity index (χ2v) is 7.31. The van der Waals surface area contributed by atoms with Gasteiger partial charge in [-0.1, -0.05) is 18.2 Å². The van der Waals surface area contributed by atoms with Crippen LogP contribution in [0.15, 0.2) is 78.7 Å². The predicted molar refractivity (Wildman–Crippen MR) is 110 cm³/mol. The molecule has 4 nitrogen and oxygen atoms in total. The lowest BCUT2D eigenvalue weighted by atomic mass is 10.1. The highest BCUT2D eigenvalue weighted by molar-refractivity contribution is 7.14. The van der Waals surface area contributed by atoms with Crippen molar-refractivity contribution < 1.29 is 18.0 Å². The maximum absolute atomic E-state index is 13.2. The zero-order valence-electron chi connectivity index (χ0n) is 15.4. The minimum absolute atomic E-state index is 0.311. The first kappa shape index (κ1) is 19.8. The van der Waals surface area contributed by atoms with Crippen molar-refractivity contribution in [1.82, 2.24) is 9.97 Å². The van der Waals surface area contributed by atoms with Crippen LogP contribution in [0.3, 0.4) is 0 Å². The second-order valence-electron chi connectivity index (χ2n) is 6.40. The summed E-state index contributed by atoms with van der Waals surface area (Å²) in [5.74, 6) is -0.843. The number of alkyl halides is 3. The number of benzene rings is 1. The average Bonchev–Trinajstić information content (AvgIpc) is 3.24. The van der Waals surface area contributed by atoms with E-state index in [1.165, 1.54) is 29.7 Å². The number of amides is 1. The Balaban J connectivity index is 1.58. The number of hydrogen-bond acceptors (Lipinski definition) is 4. The molecule has 0 aliphatic heterocycles. The summed E-state index contributed by atoms with van der Waals surface area (Å²) in [6.45, 7) is 0. The molecule has 1 N–H and O–H groups in total. The van der Waals surface area contributed by atoms with Crippen LogP contribution in [0, 0.1) is 0 Å². The van der Waals surface area contributed by atoms with Crippen molar-refractivity contribution in [3.8, 4) is 21.6 Å². The monoisotopic (exact) mass is 425 g/mol. The van der Waals surface area contributed by atoms with Gasteiger partial charge in [-0.15, -0.1) is 11.3 Å². The standard InChI is InChI=1S/C22H14F3N3OS/c23-22(24,25)19-6-2-1-5-18(19)21(29)28-17-8-15(11-27-12-17)20-9-16(13-30-20)14-4-3-7-26-10-14/h1-13H,(H,28,29). The Labute approximate surface area is 174 Å². The number of carbonyl (C=O) groups is 1. The summed E-state index contributed by atoms with van der Waals surface area (Å²) in [6.07, 6.45) is 1.88. The van der Waals surface area contributed by atoms with Gasteiger partial charge in [0.15, 0.2) is 0 Å². The third kappa shape index (κ3) is 4.23. The number of anilines is 1. The first-order valence-electron chi connectivity index (χ1n) is 8.84. The molecule has 30 heavy (non-hydrogen) atoms. The number of hydrogen-bond donors (Lipinski definition) is 1. The second kappa shape index (κ2) is 8.08. The lowest BCUT2D eigenvalue weighted by molar-refractivity contribution is -0.137. The van der Waals surface area contributed by atoms with Gasteiger partial charge in [0.05, 0.1) is 23.0 Å². The van der Waals surface area contributed by atoms with Crippen molar-refractivity contribution in [2.24, 2.45) is 0 Å². The van der Waals surface area contributed by atoms with Gasteiger partial charge in [-0.2, -0.15) is 13.2 Å². The minimum atomic E-state index is -4.62. The van der Waals surface area contributed by atoms with Crippen LogP contribution >= 0.6 is 11.3 Å². The van der Waals surface area contributed by atoms with Crippen LogP contribution < -0.4 is 5.32 Å². The number of pyridine rings is 2. The Hall–Kier alpha value is -3.52. The Morgan fingerprint density at radius 2 is 1.70 bits per heavy atom. The van der Waals surface area contributed by atoms with Crippen LogP contribution in [0.5, 0.6) is 0 Å². The number of nitrogens with one attached hydrogen (secondary N) is 1. The SMILES string of the molecule is O=C(Nc1cncc(-c2cc(-c3cccnc3)cs2)c1)c1ccccc1C(F)(F)F. The maximum atomic E-state index is 13.2. The van der Waals surface area contributed by atoms with Crippen molar-refractivity contribution in [3.05, 3.63) is 89.8 Å². The molecular formula is C22H14F3N3OS. The molecule has 4 rings (SSSR count). The fourth-order valence-electron chi connectivity index (χ4n) is 2.94. The summed E-state index contributed by atoms with van der Waals surface area (Å²) in [7, 11) is 0. The van der Waals surface area contributed by atoms with Crippen LogP contribution in [-0.2, 0) is 6.18 Å². The first-order chi connectivity index (χ1) is 14.4. The third-order valence-corrected chi connectivity index (χ3v) is 5.33. The number of thiophene rings is 1. The van der Waals surface area contributed by atoms with Crippen molar-refractivity contribution in [2.75, 3.05) is 5.32 Å². The van der Waals surface area contributed by atoms with E-state index in [4.69, 9.17) is 0 Å². The Bertz CT molecular complexity index is 1190. The van der Waals surface area contributed by atoms with Crippen molar-refractivity contribution >= 4 is 22.9 Å². The number of carbonyl (C=O) groups excluding carboxylic acids is 1. The molecule has 0 atom stereocenters. The molecule has 0 bridgehead atoms. The van der Waals surface area contributed by atoms with Crippen molar-refractivity contribution in [1.29, 1.82) is 0 Å². The minimum Gasteiger partial charge on any atom is -0.321 e. The molecule has 1 amide bonds. The van der Waals surface area contributed by atoms with Gasteiger partial charge < -0.3 is 5.32 Å². The van der Waals surface area contributed by atoms with Crippen LogP contribution in [0.1, 0.15) is 15.9 Å². The molecule has 1 aromatic carbocycles. The molecule has 0 saturated carbocycles. The molecule has 0 radical (unpaired) electrons. The number of aromatic nitrogens is 2. The van der Waals surface area contributed by atoms with E-state index in [1.54, 1.807) is 24.7 Å². The van der Waals surface area contributed by atoms with E-state index in [1.807, 2.05) is 23.6 Å². The summed E-state index contributed by atoms with van der Waals surface area (Å²) in [6, 6.07) is 12.1. The van der Waals surface area contributed by atoms with Gasteiger partial charge in [0.25, 0.3) is 5.91 Å². The van der Waals surface area contributed by atoms with Crippen LogP contribution in [0.25, 0.3) is 21.6 Å². The van der Waals surface area contributed by atoms with Crippen LogP contribution in [-0.4, -0.2) is 15.9 Å². The Morgan fingerprint density at radius 3 is 2.47 bits per heavy atom. The molecule has 8 heteroatoms. The van der Waals surface area contributed by atoms with Gasteiger partial charge in [-0.05, 0) is 41.3 Å². The average molecular weight is 425 g/mol. The largest absolute Gasteiger partial charge is 0.417 e. The van der Waals surface area contributed by atoms with Crippen molar-refractivity contribution in [2.45, 2.75) is 6.18 Å². The molecule has 3 aromatic heterocycles. The molecule has 0 saturated heterocycles. The summed E-state index contributed by atoms with van der Waals surface area (Å²) in [5, 5.41) is 4.50. The zero-order chi connectivity index (χ0) is 21.1. The third-order valence-electron chi connectivity index (χ3n) is 4.35. The summed E-state index contributed by atoms with van der Waals surface area (Å²) in [5.41, 5.74) is 1.61. The van der Waals surface area contributed by atoms with Crippen LogP contribution in [0.4, 0.5) is 18.9 Å². The number of nitrogens with zero attached hydrogens (tertiary/aromatic N) is 2. The normalized spacial score (nSPS) is 11.3. The Morgan fingerprint density at radius 1 is 0.900 bits per heavy atom. The fraction of sp³-hybridized carbons (Fsp3) is 0.0455. The smallest absolute Gasteiger partial charge is 0.321 e. The highest BCUT2D eigenvalue weighted by Gasteiger charge is 2.34. The van der Waals surface area contributed by atoms with E-state index in [9.17, 15) is 18.0 Å². The molecular weight excluding hydrogens is 411 g/mol. The molecule has 0 fully saturated rings.